The molecule has 1 aliphatic rings. The fourth-order valence-corrected chi connectivity index (χ4v) is 2.43. The lowest BCUT2D eigenvalue weighted by molar-refractivity contribution is -0.737. The molecule has 0 fully saturated rings. The Morgan fingerprint density at radius 1 is 1.38 bits per heavy atom. The van der Waals surface area contributed by atoms with Crippen molar-refractivity contribution in [3.05, 3.63) is 27.6 Å². The third-order valence-corrected chi connectivity index (χ3v) is 3.46. The molecule has 2 rings (SSSR count). The van der Waals surface area contributed by atoms with Gasteiger partial charge in [0.25, 0.3) is 4.92 Å². The molecular formula is C13H15ClN3O4+. The van der Waals surface area contributed by atoms with Crippen LogP contribution in [0, 0.1) is 4.91 Å². The number of anilines is 1. The Bertz CT molecular complexity index is 630. The highest BCUT2D eigenvalue weighted by atomic mass is 35.5. The Balaban J connectivity index is 2.45. The Labute approximate surface area is 126 Å². The monoisotopic (exact) mass is 312 g/mol. The van der Waals surface area contributed by atoms with E-state index in [1.54, 1.807) is 6.07 Å². The fourth-order valence-electron chi connectivity index (χ4n) is 2.23. The van der Waals surface area contributed by atoms with E-state index in [-0.39, 0.29) is 5.69 Å². The molecule has 0 saturated heterocycles. The average Bonchev–Trinajstić information content (AvgIpc) is 2.87. The van der Waals surface area contributed by atoms with Gasteiger partial charge < -0.3 is 9.80 Å². The van der Waals surface area contributed by atoms with Gasteiger partial charge in [-0.1, -0.05) is 11.6 Å². The lowest BCUT2D eigenvalue weighted by atomic mass is 10.1. The molecule has 0 N–H and O–H groups in total. The number of hydrogen-bond donors (Lipinski definition) is 0. The van der Waals surface area contributed by atoms with E-state index in [1.807, 2.05) is 0 Å². The lowest BCUT2D eigenvalue weighted by Crippen LogP contribution is -2.41. The van der Waals surface area contributed by atoms with Gasteiger partial charge in [0.1, 0.15) is 0 Å². The molecule has 0 radical (unpaired) electrons. The van der Waals surface area contributed by atoms with Crippen LogP contribution in [0.2, 0.25) is 5.02 Å². The molecule has 0 aromatic heterocycles. The van der Waals surface area contributed by atoms with Crippen LogP contribution < -0.4 is 4.90 Å². The molecule has 2 amide bonds. The summed E-state index contributed by atoms with van der Waals surface area (Å²) in [6.45, 7) is 0.318. The van der Waals surface area contributed by atoms with Crippen LogP contribution in [0.1, 0.15) is 5.56 Å². The molecule has 1 heterocycles. The van der Waals surface area contributed by atoms with Gasteiger partial charge in [-0.2, -0.15) is 0 Å². The number of rotatable bonds is 2. The van der Waals surface area contributed by atoms with E-state index in [0.717, 1.165) is 0 Å². The Morgan fingerprint density at radius 3 is 2.62 bits per heavy atom. The number of carbonyl (C=O) groups excluding carboxylic acids is 2. The first kappa shape index (κ1) is 15.2. The van der Waals surface area contributed by atoms with Crippen LogP contribution in [0.3, 0.4) is 0 Å². The summed E-state index contributed by atoms with van der Waals surface area (Å²) in [6, 6.07) is 3.04. The molecule has 21 heavy (non-hydrogen) atoms. The third-order valence-electron chi connectivity index (χ3n) is 3.24. The standard InChI is InChI=1S/C13H15ClN3O4/c1-15(2)12(18)13(19)16-5-4-9-10(16)6-8(14)7-11(9)17(20)21-3/h6-7H,4-5H2,1-3H3/q+1. The van der Waals surface area contributed by atoms with Crippen LogP contribution in [0.25, 0.3) is 0 Å². The maximum atomic E-state index is 12.2. The van der Waals surface area contributed by atoms with Crippen LogP contribution in [-0.4, -0.2) is 49.4 Å². The number of amides is 2. The van der Waals surface area contributed by atoms with E-state index in [1.165, 1.54) is 37.1 Å². The van der Waals surface area contributed by atoms with Crippen LogP contribution in [0.4, 0.5) is 11.4 Å². The summed E-state index contributed by atoms with van der Waals surface area (Å²) in [5.41, 5.74) is 1.35. The molecule has 0 spiro atoms. The van der Waals surface area contributed by atoms with Gasteiger partial charge >= 0.3 is 17.5 Å². The van der Waals surface area contributed by atoms with Crippen LogP contribution in [0.15, 0.2) is 12.1 Å². The molecule has 1 aliphatic heterocycles. The summed E-state index contributed by atoms with van der Waals surface area (Å²) in [5.74, 6) is -1.28. The van der Waals surface area contributed by atoms with E-state index in [0.29, 0.717) is 34.2 Å². The minimum absolute atomic E-state index is 0.243. The number of carbonyl (C=O) groups is 2. The Morgan fingerprint density at radius 2 is 2.05 bits per heavy atom. The van der Waals surface area contributed by atoms with Gasteiger partial charge in [-0.3, -0.25) is 9.59 Å². The Kier molecular flexibility index (Phi) is 4.13. The average molecular weight is 313 g/mol. The van der Waals surface area contributed by atoms with Gasteiger partial charge in [-0.15, -0.1) is 0 Å². The summed E-state index contributed by atoms with van der Waals surface area (Å²) >= 11 is 5.99. The summed E-state index contributed by atoms with van der Waals surface area (Å²) in [5, 5.41) is 0.290. The second-order valence-corrected chi connectivity index (χ2v) is 5.21. The van der Waals surface area contributed by atoms with E-state index >= 15 is 0 Å². The number of nitrogens with zero attached hydrogens (tertiary/aromatic N) is 3. The summed E-state index contributed by atoms with van der Waals surface area (Å²) in [4.78, 5) is 43.2. The van der Waals surface area contributed by atoms with Crippen molar-refractivity contribution >= 4 is 34.8 Å². The molecule has 7 nitrogen and oxygen atoms in total. The molecule has 0 unspecified atom stereocenters. The van der Waals surface area contributed by atoms with Crippen LogP contribution >= 0.6 is 11.6 Å². The highest BCUT2D eigenvalue weighted by Crippen LogP contribution is 2.38. The fraction of sp³-hybridized carbons (Fsp3) is 0.385. The van der Waals surface area contributed by atoms with Crippen molar-refractivity contribution in [3.8, 4) is 0 Å². The topological polar surface area (TPSA) is 69.9 Å². The molecule has 1 aromatic carbocycles. The molecule has 0 bridgehead atoms. The normalized spacial score (nSPS) is 12.9. The number of halogens is 1. The zero-order valence-corrected chi connectivity index (χ0v) is 12.7. The molecule has 112 valence electrons. The third kappa shape index (κ3) is 2.69. The molecule has 0 atom stereocenters. The summed E-state index contributed by atoms with van der Waals surface area (Å²) in [7, 11) is 4.25. The van der Waals surface area contributed by atoms with Crippen molar-refractivity contribution < 1.29 is 19.3 Å². The number of hydrogen-bond acceptors (Lipinski definition) is 4. The quantitative estimate of drug-likeness (QED) is 0.609. The SMILES string of the molecule is CO[N+](=O)c1cc(Cl)cc2c1CCN2C(=O)C(=O)N(C)C. The van der Waals surface area contributed by atoms with Gasteiger partial charge in [0.2, 0.25) is 0 Å². The smallest absolute Gasteiger partial charge is 0.323 e. The molecular weight excluding hydrogens is 298 g/mol. The van der Waals surface area contributed by atoms with Gasteiger partial charge in [-0.25, -0.2) is 4.84 Å². The molecule has 1 aromatic rings. The summed E-state index contributed by atoms with van der Waals surface area (Å²) in [6.07, 6.45) is 0.455. The van der Waals surface area contributed by atoms with E-state index in [4.69, 9.17) is 11.6 Å². The number of likely N-dealkylation sites (N-methyl/N-ethyl adjacent to an activating group) is 1. The zero-order valence-electron chi connectivity index (χ0n) is 11.9. The highest BCUT2D eigenvalue weighted by molar-refractivity contribution is 6.40. The first-order chi connectivity index (χ1) is 9.86. The Hall–Kier alpha value is -2.15. The van der Waals surface area contributed by atoms with E-state index < -0.39 is 11.8 Å². The largest absolute Gasteiger partial charge is 0.341 e. The minimum Gasteiger partial charge on any atom is -0.341 e. The van der Waals surface area contributed by atoms with Crippen molar-refractivity contribution in [2.24, 2.45) is 0 Å². The van der Waals surface area contributed by atoms with Crippen molar-refractivity contribution in [2.75, 3.05) is 32.6 Å². The predicted molar refractivity (Wildman–Crippen MR) is 76.5 cm³/mol. The molecule has 8 heteroatoms. The second kappa shape index (κ2) is 5.69. The van der Waals surface area contributed by atoms with Gasteiger partial charge in [0, 0.05) is 31.7 Å². The molecule has 0 aliphatic carbocycles. The predicted octanol–water partition coefficient (Wildman–Crippen LogP) is 1.29. The minimum atomic E-state index is -0.651. The first-order valence-electron chi connectivity index (χ1n) is 6.23. The van der Waals surface area contributed by atoms with Crippen molar-refractivity contribution in [1.29, 1.82) is 0 Å². The lowest BCUT2D eigenvalue weighted by Gasteiger charge is -2.18. The number of fused-ring (bicyclic) bond motifs is 1. The second-order valence-electron chi connectivity index (χ2n) is 4.77. The first-order valence-corrected chi connectivity index (χ1v) is 6.61. The van der Waals surface area contributed by atoms with E-state index in [2.05, 4.69) is 4.84 Å². The highest BCUT2D eigenvalue weighted by Gasteiger charge is 2.36. The maximum Gasteiger partial charge on any atom is 0.323 e. The van der Waals surface area contributed by atoms with Crippen LogP contribution in [-0.2, 0) is 20.8 Å². The van der Waals surface area contributed by atoms with E-state index in [9.17, 15) is 14.5 Å². The summed E-state index contributed by atoms with van der Waals surface area (Å²) < 4.78 is 0. The van der Waals surface area contributed by atoms with Crippen molar-refractivity contribution in [3.63, 3.8) is 0 Å². The maximum absolute atomic E-state index is 12.2. The van der Waals surface area contributed by atoms with Crippen molar-refractivity contribution in [2.45, 2.75) is 6.42 Å². The van der Waals surface area contributed by atoms with Gasteiger partial charge in [-0.05, 0) is 12.5 Å². The van der Waals surface area contributed by atoms with Crippen LogP contribution in [0.5, 0.6) is 0 Å². The van der Waals surface area contributed by atoms with Gasteiger partial charge in [0.15, 0.2) is 7.11 Å². The molecule has 0 saturated carbocycles. The zero-order chi connectivity index (χ0) is 15.7. The van der Waals surface area contributed by atoms with Crippen molar-refractivity contribution in [1.82, 2.24) is 4.90 Å². The number of benzene rings is 1. The van der Waals surface area contributed by atoms with Gasteiger partial charge in [0.05, 0.1) is 16.2 Å².